The van der Waals surface area contributed by atoms with Crippen LogP contribution in [0.2, 0.25) is 0 Å². The van der Waals surface area contributed by atoms with E-state index in [0.717, 1.165) is 37.1 Å². The molecule has 0 saturated heterocycles. The van der Waals surface area contributed by atoms with Crippen molar-refractivity contribution in [1.82, 2.24) is 14.4 Å². The van der Waals surface area contributed by atoms with Gasteiger partial charge >= 0.3 is 0 Å². The smallest absolute Gasteiger partial charge is 0.243 e. The van der Waals surface area contributed by atoms with Crippen molar-refractivity contribution < 1.29 is 9.59 Å². The highest BCUT2D eigenvalue weighted by atomic mass is 16.2. The van der Waals surface area contributed by atoms with Gasteiger partial charge < -0.3 is 14.4 Å². The second-order valence-electron chi connectivity index (χ2n) is 8.10. The van der Waals surface area contributed by atoms with Crippen molar-refractivity contribution in [1.29, 1.82) is 0 Å². The van der Waals surface area contributed by atoms with Crippen LogP contribution < -0.4 is 0 Å². The molecule has 0 aliphatic carbocycles. The molecule has 1 atom stereocenters. The number of carbonyl (C=O) groups excluding carboxylic acids is 2. The summed E-state index contributed by atoms with van der Waals surface area (Å²) in [6.07, 6.45) is 5.61. The zero-order chi connectivity index (χ0) is 20.8. The monoisotopic (exact) mass is 395 g/mol. The minimum absolute atomic E-state index is 0.0110. The van der Waals surface area contributed by atoms with E-state index in [1.807, 2.05) is 43.0 Å². The van der Waals surface area contributed by atoms with Gasteiger partial charge in [-0.25, -0.2) is 0 Å². The lowest BCUT2D eigenvalue weighted by molar-refractivity contribution is -0.143. The summed E-state index contributed by atoms with van der Waals surface area (Å²) in [4.78, 5) is 29.8. The van der Waals surface area contributed by atoms with E-state index in [-0.39, 0.29) is 30.4 Å². The number of aromatic nitrogens is 1. The third-order valence-electron chi connectivity index (χ3n) is 5.72. The van der Waals surface area contributed by atoms with E-state index in [9.17, 15) is 9.59 Å². The number of benzene rings is 1. The van der Waals surface area contributed by atoms with Crippen molar-refractivity contribution in [3.8, 4) is 0 Å². The van der Waals surface area contributed by atoms with Crippen LogP contribution in [0.3, 0.4) is 0 Å². The number of unbranched alkanes of at least 4 members (excludes halogenated alkanes) is 2. The molecule has 0 radical (unpaired) electrons. The van der Waals surface area contributed by atoms with E-state index in [1.165, 1.54) is 0 Å². The molecule has 0 bridgehead atoms. The molecule has 1 aromatic heterocycles. The van der Waals surface area contributed by atoms with E-state index in [1.54, 1.807) is 4.90 Å². The van der Waals surface area contributed by atoms with Gasteiger partial charge in [-0.2, -0.15) is 0 Å². The van der Waals surface area contributed by atoms with Gasteiger partial charge in [0.2, 0.25) is 11.8 Å². The number of hydrogen-bond donors (Lipinski definition) is 0. The summed E-state index contributed by atoms with van der Waals surface area (Å²) >= 11 is 0. The first-order valence-electron chi connectivity index (χ1n) is 10.8. The van der Waals surface area contributed by atoms with Crippen LogP contribution >= 0.6 is 0 Å². The fourth-order valence-corrected chi connectivity index (χ4v) is 4.10. The number of amides is 2. The molecule has 1 aromatic carbocycles. The molecule has 2 heterocycles. The van der Waals surface area contributed by atoms with Gasteiger partial charge in [0, 0.05) is 37.4 Å². The normalized spacial score (nSPS) is 16.0. The average molecular weight is 396 g/mol. The van der Waals surface area contributed by atoms with Crippen molar-refractivity contribution >= 4 is 11.8 Å². The van der Waals surface area contributed by atoms with E-state index in [4.69, 9.17) is 0 Å². The van der Waals surface area contributed by atoms with Crippen LogP contribution in [0.5, 0.6) is 0 Å². The van der Waals surface area contributed by atoms with Crippen molar-refractivity contribution in [2.24, 2.45) is 0 Å². The van der Waals surface area contributed by atoms with Gasteiger partial charge in [-0.15, -0.1) is 0 Å². The van der Waals surface area contributed by atoms with Gasteiger partial charge in [-0.05, 0) is 38.0 Å². The summed E-state index contributed by atoms with van der Waals surface area (Å²) in [5.74, 6) is 0.0993. The zero-order valence-electron chi connectivity index (χ0n) is 17.9. The number of nitrogens with zero attached hydrogens (tertiary/aromatic N) is 3. The first kappa shape index (κ1) is 21.2. The van der Waals surface area contributed by atoms with Crippen molar-refractivity contribution in [2.75, 3.05) is 13.1 Å². The molecule has 2 aromatic rings. The molecule has 5 heteroatoms. The summed E-state index contributed by atoms with van der Waals surface area (Å²) < 4.78 is 2.22. The summed E-state index contributed by atoms with van der Waals surface area (Å²) in [6, 6.07) is 14.2. The summed E-state index contributed by atoms with van der Waals surface area (Å²) in [6.45, 7) is 7.68. The summed E-state index contributed by atoms with van der Waals surface area (Å²) in [5.41, 5.74) is 2.23. The predicted octanol–water partition coefficient (Wildman–Crippen LogP) is 4.24. The second kappa shape index (κ2) is 9.77. The van der Waals surface area contributed by atoms with E-state index in [2.05, 4.69) is 35.9 Å². The molecule has 2 amide bonds. The third-order valence-corrected chi connectivity index (χ3v) is 5.72. The van der Waals surface area contributed by atoms with Crippen LogP contribution in [0.15, 0.2) is 48.7 Å². The van der Waals surface area contributed by atoms with E-state index < -0.39 is 0 Å². The van der Waals surface area contributed by atoms with Crippen molar-refractivity contribution in [2.45, 2.75) is 65.1 Å². The number of carbonyl (C=O) groups is 2. The largest absolute Gasteiger partial charge is 0.348 e. The molecular formula is C24H33N3O2. The van der Waals surface area contributed by atoms with Crippen LogP contribution in [0.1, 0.15) is 63.8 Å². The number of hydrogen-bond acceptors (Lipinski definition) is 2. The number of rotatable bonds is 8. The first-order chi connectivity index (χ1) is 14.0. The quantitative estimate of drug-likeness (QED) is 0.628. The van der Waals surface area contributed by atoms with Crippen LogP contribution in [0, 0.1) is 0 Å². The third kappa shape index (κ3) is 4.89. The van der Waals surface area contributed by atoms with E-state index in [0.29, 0.717) is 13.0 Å². The first-order valence-corrected chi connectivity index (χ1v) is 10.8. The topological polar surface area (TPSA) is 45.6 Å². The highest BCUT2D eigenvalue weighted by molar-refractivity contribution is 5.85. The highest BCUT2D eigenvalue weighted by Crippen LogP contribution is 2.32. The van der Waals surface area contributed by atoms with Gasteiger partial charge in [0.15, 0.2) is 0 Å². The molecule has 156 valence electrons. The minimum atomic E-state index is -0.114. The SMILES string of the molecule is CCCCCC(=O)N(CC(=O)N1CCn2cccc2C1c1ccccc1)C(C)C. The summed E-state index contributed by atoms with van der Waals surface area (Å²) in [7, 11) is 0. The summed E-state index contributed by atoms with van der Waals surface area (Å²) in [5, 5.41) is 0. The molecule has 0 saturated carbocycles. The second-order valence-corrected chi connectivity index (χ2v) is 8.10. The van der Waals surface area contributed by atoms with Gasteiger partial charge in [-0.1, -0.05) is 50.1 Å². The Hall–Kier alpha value is -2.56. The molecule has 5 nitrogen and oxygen atoms in total. The maximum atomic E-state index is 13.4. The molecule has 0 N–H and O–H groups in total. The molecular weight excluding hydrogens is 362 g/mol. The Bertz CT molecular complexity index is 813. The Morgan fingerprint density at radius 2 is 1.83 bits per heavy atom. The standard InChI is InChI=1S/C24H33N3O2/c1-4-5-7-14-22(28)27(19(2)3)18-23(29)26-17-16-25-15-10-13-21(25)24(26)20-11-8-6-9-12-20/h6,8-13,15,19,24H,4-5,7,14,16-18H2,1-3H3. The van der Waals surface area contributed by atoms with Crippen LogP contribution in [0.4, 0.5) is 0 Å². The Balaban J connectivity index is 1.80. The lowest BCUT2D eigenvalue weighted by Crippen LogP contribution is -2.49. The van der Waals surface area contributed by atoms with Crippen molar-refractivity contribution in [3.05, 3.63) is 59.9 Å². The Morgan fingerprint density at radius 3 is 2.52 bits per heavy atom. The fraction of sp³-hybridized carbons (Fsp3) is 0.500. The lowest BCUT2D eigenvalue weighted by Gasteiger charge is -2.39. The average Bonchev–Trinajstić information content (AvgIpc) is 3.20. The predicted molar refractivity (Wildman–Crippen MR) is 115 cm³/mol. The Morgan fingerprint density at radius 1 is 1.07 bits per heavy atom. The molecule has 1 unspecified atom stereocenters. The van der Waals surface area contributed by atoms with Crippen molar-refractivity contribution in [3.63, 3.8) is 0 Å². The maximum absolute atomic E-state index is 13.4. The molecule has 0 fully saturated rings. The molecule has 1 aliphatic heterocycles. The van der Waals surface area contributed by atoms with Gasteiger partial charge in [-0.3, -0.25) is 9.59 Å². The number of fused-ring (bicyclic) bond motifs is 1. The van der Waals surface area contributed by atoms with Gasteiger partial charge in [0.25, 0.3) is 0 Å². The zero-order valence-corrected chi connectivity index (χ0v) is 17.9. The molecule has 1 aliphatic rings. The van der Waals surface area contributed by atoms with Gasteiger partial charge in [0.1, 0.15) is 6.54 Å². The van der Waals surface area contributed by atoms with Crippen LogP contribution in [0.25, 0.3) is 0 Å². The van der Waals surface area contributed by atoms with E-state index >= 15 is 0 Å². The molecule has 29 heavy (non-hydrogen) atoms. The van der Waals surface area contributed by atoms with Crippen LogP contribution in [-0.2, 0) is 16.1 Å². The lowest BCUT2D eigenvalue weighted by atomic mass is 9.99. The Kier molecular flexibility index (Phi) is 7.13. The van der Waals surface area contributed by atoms with Gasteiger partial charge in [0.05, 0.1) is 6.04 Å². The van der Waals surface area contributed by atoms with Crippen LogP contribution in [-0.4, -0.2) is 45.3 Å². The fourth-order valence-electron chi connectivity index (χ4n) is 4.10. The minimum Gasteiger partial charge on any atom is -0.348 e. The maximum Gasteiger partial charge on any atom is 0.243 e. The molecule has 3 rings (SSSR count). The highest BCUT2D eigenvalue weighted by Gasteiger charge is 2.33. The Labute approximate surface area is 174 Å². The molecule has 0 spiro atoms.